The zero-order valence-corrected chi connectivity index (χ0v) is 9.99. The Hall–Kier alpha value is -1.43. The highest BCUT2D eigenvalue weighted by molar-refractivity contribution is 9.10. The zero-order valence-electron chi connectivity index (χ0n) is 8.41. The van der Waals surface area contributed by atoms with Crippen molar-refractivity contribution in [3.05, 3.63) is 34.1 Å². The van der Waals surface area contributed by atoms with Gasteiger partial charge in [0.1, 0.15) is 12.4 Å². The van der Waals surface area contributed by atoms with E-state index in [-0.39, 0.29) is 5.56 Å². The topological polar surface area (TPSA) is 57.6 Å². The van der Waals surface area contributed by atoms with Gasteiger partial charge in [-0.2, -0.15) is 0 Å². The summed E-state index contributed by atoms with van der Waals surface area (Å²) in [6, 6.07) is 3.71. The summed E-state index contributed by atoms with van der Waals surface area (Å²) < 4.78 is 13.4. The molecule has 0 aliphatic carbocycles. The lowest BCUT2D eigenvalue weighted by Gasteiger charge is -2.14. The minimum Gasteiger partial charge on any atom is -0.480 e. The quantitative estimate of drug-likeness (QED) is 0.922. The van der Waals surface area contributed by atoms with Crippen molar-refractivity contribution < 1.29 is 19.1 Å². The first-order valence-corrected chi connectivity index (χ1v) is 5.13. The predicted octanol–water partition coefficient (Wildman–Crippen LogP) is 1.74. The van der Waals surface area contributed by atoms with Crippen LogP contribution in [0, 0.1) is 5.82 Å². The van der Waals surface area contributed by atoms with E-state index < -0.39 is 24.2 Å². The van der Waals surface area contributed by atoms with E-state index >= 15 is 0 Å². The van der Waals surface area contributed by atoms with Crippen molar-refractivity contribution in [3.63, 3.8) is 0 Å². The van der Waals surface area contributed by atoms with Crippen molar-refractivity contribution in [1.82, 2.24) is 4.90 Å². The standard InChI is InChI=1S/C10H9BrFNO3/c1-13(5-9(14)15)10(16)6-2-7(11)4-8(12)3-6/h2-4H,5H2,1H3,(H,14,15). The van der Waals surface area contributed by atoms with Crippen LogP contribution in [-0.4, -0.2) is 35.5 Å². The maximum atomic E-state index is 13.0. The van der Waals surface area contributed by atoms with E-state index in [0.29, 0.717) is 4.47 Å². The Balaban J connectivity index is 2.91. The summed E-state index contributed by atoms with van der Waals surface area (Å²) >= 11 is 3.05. The molecule has 1 N–H and O–H groups in total. The van der Waals surface area contributed by atoms with Gasteiger partial charge in [-0.15, -0.1) is 0 Å². The molecule has 0 unspecified atom stereocenters. The smallest absolute Gasteiger partial charge is 0.323 e. The van der Waals surface area contributed by atoms with Crippen LogP contribution in [0.25, 0.3) is 0 Å². The Labute approximate surface area is 99.8 Å². The molecule has 0 saturated heterocycles. The van der Waals surface area contributed by atoms with E-state index in [1.165, 1.54) is 19.2 Å². The normalized spacial score (nSPS) is 9.94. The van der Waals surface area contributed by atoms with E-state index in [2.05, 4.69) is 15.9 Å². The highest BCUT2D eigenvalue weighted by Crippen LogP contribution is 2.16. The van der Waals surface area contributed by atoms with Gasteiger partial charge in [-0.3, -0.25) is 9.59 Å². The number of likely N-dealkylation sites (N-methyl/N-ethyl adjacent to an activating group) is 1. The fraction of sp³-hybridized carbons (Fsp3) is 0.200. The van der Waals surface area contributed by atoms with E-state index in [1.54, 1.807) is 0 Å². The Morgan fingerprint density at radius 3 is 2.56 bits per heavy atom. The van der Waals surface area contributed by atoms with Crippen molar-refractivity contribution >= 4 is 27.8 Å². The van der Waals surface area contributed by atoms with Gasteiger partial charge in [0.15, 0.2) is 0 Å². The Morgan fingerprint density at radius 2 is 2.06 bits per heavy atom. The van der Waals surface area contributed by atoms with Gasteiger partial charge in [0.2, 0.25) is 0 Å². The molecule has 1 aromatic carbocycles. The molecular weight excluding hydrogens is 281 g/mol. The third-order valence-electron chi connectivity index (χ3n) is 1.83. The third-order valence-corrected chi connectivity index (χ3v) is 2.29. The summed E-state index contributed by atoms with van der Waals surface area (Å²) in [6.45, 7) is -0.424. The average molecular weight is 290 g/mol. The summed E-state index contributed by atoms with van der Waals surface area (Å²) in [6.07, 6.45) is 0. The third kappa shape index (κ3) is 3.30. The first-order valence-electron chi connectivity index (χ1n) is 4.33. The molecule has 0 bridgehead atoms. The summed E-state index contributed by atoms with van der Waals surface area (Å²) in [4.78, 5) is 23.1. The summed E-state index contributed by atoms with van der Waals surface area (Å²) in [5, 5.41) is 8.51. The Kier molecular flexibility index (Phi) is 4.00. The van der Waals surface area contributed by atoms with Crippen molar-refractivity contribution in [2.75, 3.05) is 13.6 Å². The molecule has 16 heavy (non-hydrogen) atoms. The van der Waals surface area contributed by atoms with Crippen LogP contribution in [0.2, 0.25) is 0 Å². The molecule has 86 valence electrons. The number of hydrogen-bond acceptors (Lipinski definition) is 2. The molecule has 6 heteroatoms. The molecule has 0 aliphatic rings. The molecule has 1 rings (SSSR count). The molecule has 0 atom stereocenters. The number of carbonyl (C=O) groups excluding carboxylic acids is 1. The van der Waals surface area contributed by atoms with Gasteiger partial charge in [-0.25, -0.2) is 4.39 Å². The van der Waals surface area contributed by atoms with Crippen LogP contribution in [0.3, 0.4) is 0 Å². The molecule has 0 spiro atoms. The first-order chi connectivity index (χ1) is 7.40. The van der Waals surface area contributed by atoms with Gasteiger partial charge in [0, 0.05) is 17.1 Å². The van der Waals surface area contributed by atoms with Gasteiger partial charge in [-0.05, 0) is 18.2 Å². The molecule has 4 nitrogen and oxygen atoms in total. The van der Waals surface area contributed by atoms with Crippen LogP contribution in [-0.2, 0) is 4.79 Å². The molecule has 0 radical (unpaired) electrons. The average Bonchev–Trinajstić information content (AvgIpc) is 2.13. The van der Waals surface area contributed by atoms with Gasteiger partial charge < -0.3 is 10.0 Å². The fourth-order valence-corrected chi connectivity index (χ4v) is 1.64. The van der Waals surface area contributed by atoms with Gasteiger partial charge in [0.05, 0.1) is 0 Å². The molecule has 0 saturated carbocycles. The summed E-state index contributed by atoms with van der Waals surface area (Å²) in [5.41, 5.74) is 0.107. The monoisotopic (exact) mass is 289 g/mol. The predicted molar refractivity (Wildman–Crippen MR) is 58.7 cm³/mol. The molecule has 1 aromatic rings. The van der Waals surface area contributed by atoms with Crippen molar-refractivity contribution in [2.24, 2.45) is 0 Å². The van der Waals surface area contributed by atoms with E-state index in [0.717, 1.165) is 11.0 Å². The van der Waals surface area contributed by atoms with Gasteiger partial charge >= 0.3 is 5.97 Å². The number of amides is 1. The first kappa shape index (κ1) is 12.6. The molecular formula is C10H9BrFNO3. The molecule has 0 heterocycles. The second-order valence-corrected chi connectivity index (χ2v) is 4.13. The number of rotatable bonds is 3. The molecule has 0 aliphatic heterocycles. The van der Waals surface area contributed by atoms with Crippen molar-refractivity contribution in [3.8, 4) is 0 Å². The van der Waals surface area contributed by atoms with E-state index in [4.69, 9.17) is 5.11 Å². The molecule has 0 aromatic heterocycles. The largest absolute Gasteiger partial charge is 0.480 e. The number of benzene rings is 1. The molecule has 1 amide bonds. The number of carboxylic acids is 1. The number of carboxylic acid groups (broad SMARTS) is 1. The number of nitrogens with zero attached hydrogens (tertiary/aromatic N) is 1. The Bertz CT molecular complexity index is 416. The van der Waals surface area contributed by atoms with Crippen LogP contribution >= 0.6 is 15.9 Å². The van der Waals surface area contributed by atoms with Gasteiger partial charge in [0.25, 0.3) is 5.91 Å². The minimum atomic E-state index is -1.12. The molecule has 0 fully saturated rings. The lowest BCUT2D eigenvalue weighted by Crippen LogP contribution is -2.31. The minimum absolute atomic E-state index is 0.107. The zero-order chi connectivity index (χ0) is 12.3. The van der Waals surface area contributed by atoms with Crippen LogP contribution < -0.4 is 0 Å². The lowest BCUT2D eigenvalue weighted by molar-refractivity contribution is -0.137. The maximum absolute atomic E-state index is 13.0. The second kappa shape index (κ2) is 5.07. The van der Waals surface area contributed by atoms with Crippen LogP contribution in [0.1, 0.15) is 10.4 Å². The second-order valence-electron chi connectivity index (χ2n) is 3.21. The highest BCUT2D eigenvalue weighted by atomic mass is 79.9. The van der Waals surface area contributed by atoms with Gasteiger partial charge in [-0.1, -0.05) is 15.9 Å². The van der Waals surface area contributed by atoms with E-state index in [1.807, 2.05) is 0 Å². The number of halogens is 2. The number of hydrogen-bond donors (Lipinski definition) is 1. The van der Waals surface area contributed by atoms with Crippen LogP contribution in [0.4, 0.5) is 4.39 Å². The number of carbonyl (C=O) groups is 2. The summed E-state index contributed by atoms with van der Waals surface area (Å²) in [5.74, 6) is -2.21. The fourth-order valence-electron chi connectivity index (χ4n) is 1.17. The Morgan fingerprint density at radius 1 is 1.44 bits per heavy atom. The highest BCUT2D eigenvalue weighted by Gasteiger charge is 2.15. The number of aliphatic carboxylic acids is 1. The maximum Gasteiger partial charge on any atom is 0.323 e. The summed E-state index contributed by atoms with van der Waals surface area (Å²) in [7, 11) is 1.34. The van der Waals surface area contributed by atoms with Crippen LogP contribution in [0.5, 0.6) is 0 Å². The van der Waals surface area contributed by atoms with E-state index in [9.17, 15) is 14.0 Å². The van der Waals surface area contributed by atoms with Crippen molar-refractivity contribution in [2.45, 2.75) is 0 Å². The lowest BCUT2D eigenvalue weighted by atomic mass is 10.2. The van der Waals surface area contributed by atoms with Crippen molar-refractivity contribution in [1.29, 1.82) is 0 Å². The van der Waals surface area contributed by atoms with Crippen LogP contribution in [0.15, 0.2) is 22.7 Å². The SMILES string of the molecule is CN(CC(=O)O)C(=O)c1cc(F)cc(Br)c1.